The second kappa shape index (κ2) is 11.1. The van der Waals surface area contributed by atoms with Gasteiger partial charge in [0.25, 0.3) is 0 Å². The molecule has 2 aromatic rings. The minimum Gasteiger partial charge on any atom is -0.497 e. The minimum atomic E-state index is -0.624. The van der Waals surface area contributed by atoms with Gasteiger partial charge < -0.3 is 14.4 Å². The molecule has 2 atom stereocenters. The number of hydrogen-bond donors (Lipinski definition) is 0. The highest BCUT2D eigenvalue weighted by molar-refractivity contribution is 6.07. The number of nitrogens with zero attached hydrogens (tertiary/aromatic N) is 2. The minimum absolute atomic E-state index is 0.0565. The highest BCUT2D eigenvalue weighted by Gasteiger charge is 2.31. The number of rotatable bonds is 9. The van der Waals surface area contributed by atoms with Crippen LogP contribution in [0, 0.1) is 17.7 Å². The van der Waals surface area contributed by atoms with E-state index in [1.807, 2.05) is 13.0 Å². The van der Waals surface area contributed by atoms with Gasteiger partial charge in [-0.2, -0.15) is 0 Å². The molecule has 1 saturated heterocycles. The van der Waals surface area contributed by atoms with E-state index in [0.29, 0.717) is 42.8 Å². The van der Waals surface area contributed by atoms with Gasteiger partial charge in [0.2, 0.25) is 0 Å². The molecule has 2 unspecified atom stereocenters. The Bertz CT molecular complexity index is 978. The molecule has 6 nitrogen and oxygen atoms in total. The molecule has 2 heterocycles. The summed E-state index contributed by atoms with van der Waals surface area (Å²) in [5, 5.41) is 0.458. The summed E-state index contributed by atoms with van der Waals surface area (Å²) in [5.74, 6) is -0.0758. The number of pyridine rings is 1. The van der Waals surface area contributed by atoms with Crippen molar-refractivity contribution in [3.63, 3.8) is 0 Å². The monoisotopic (exact) mass is 442 g/mol. The lowest BCUT2D eigenvalue weighted by Gasteiger charge is -2.36. The van der Waals surface area contributed by atoms with E-state index in [0.717, 1.165) is 25.5 Å². The van der Waals surface area contributed by atoms with E-state index >= 15 is 0 Å². The fraction of sp³-hybridized carbons (Fsp3) is 0.480. The van der Waals surface area contributed by atoms with Crippen LogP contribution in [-0.4, -0.2) is 48.6 Å². The molecule has 0 saturated carbocycles. The molecular weight excluding hydrogens is 411 g/mol. The summed E-state index contributed by atoms with van der Waals surface area (Å²) >= 11 is 0. The van der Waals surface area contributed by atoms with Gasteiger partial charge in [0.1, 0.15) is 5.75 Å². The first kappa shape index (κ1) is 23.7. The number of benzene rings is 1. The highest BCUT2D eigenvalue weighted by Crippen LogP contribution is 2.31. The molecule has 0 bridgehead atoms. The second-order valence-corrected chi connectivity index (χ2v) is 8.19. The number of ether oxygens (including phenoxy) is 2. The van der Waals surface area contributed by atoms with E-state index in [1.165, 1.54) is 7.11 Å². The van der Waals surface area contributed by atoms with Crippen molar-refractivity contribution >= 4 is 22.8 Å². The van der Waals surface area contributed by atoms with Crippen molar-refractivity contribution in [2.45, 2.75) is 39.0 Å². The Morgan fingerprint density at radius 3 is 2.91 bits per heavy atom. The van der Waals surface area contributed by atoms with Crippen LogP contribution in [0.3, 0.4) is 0 Å². The number of unbranched alkanes of at least 4 members (excludes halogenated alkanes) is 1. The maximum atomic E-state index is 14.6. The Labute approximate surface area is 188 Å². The third-order valence-corrected chi connectivity index (χ3v) is 6.14. The molecule has 1 aromatic carbocycles. The Balaban J connectivity index is 1.65. The number of methoxy groups -OCH3 is 1. The topological polar surface area (TPSA) is 68.7 Å². The average Bonchev–Trinajstić information content (AvgIpc) is 2.81. The van der Waals surface area contributed by atoms with Gasteiger partial charge >= 0.3 is 6.09 Å². The highest BCUT2D eigenvalue weighted by atomic mass is 19.1. The number of fused-ring (bicyclic) bond motifs is 1. The van der Waals surface area contributed by atoms with E-state index in [2.05, 4.69) is 11.6 Å². The molecule has 1 fully saturated rings. The third-order valence-electron chi connectivity index (χ3n) is 6.14. The quantitative estimate of drug-likeness (QED) is 0.295. The lowest BCUT2D eigenvalue weighted by atomic mass is 9.81. The number of carbonyl (C=O) groups excluding carboxylic acids is 2. The van der Waals surface area contributed by atoms with Gasteiger partial charge in [-0.05, 0) is 49.3 Å². The largest absolute Gasteiger partial charge is 0.497 e. The van der Waals surface area contributed by atoms with Crippen molar-refractivity contribution in [1.29, 1.82) is 0 Å². The lowest BCUT2D eigenvalue weighted by molar-refractivity contribution is 0.0729. The molecule has 0 radical (unpaired) electrons. The number of piperidine rings is 1. The number of likely N-dealkylation sites (tertiary alicyclic amines) is 1. The van der Waals surface area contributed by atoms with Crippen LogP contribution in [-0.2, 0) is 4.74 Å². The molecule has 3 rings (SSSR count). The van der Waals surface area contributed by atoms with Gasteiger partial charge in [0.15, 0.2) is 11.6 Å². The maximum absolute atomic E-state index is 14.6. The summed E-state index contributed by atoms with van der Waals surface area (Å²) in [6.45, 7) is 7.50. The number of aromatic nitrogens is 1. The van der Waals surface area contributed by atoms with Crippen molar-refractivity contribution in [1.82, 2.24) is 9.88 Å². The van der Waals surface area contributed by atoms with Gasteiger partial charge in [-0.15, -0.1) is 6.58 Å². The van der Waals surface area contributed by atoms with Crippen molar-refractivity contribution in [3.8, 4) is 5.75 Å². The Morgan fingerprint density at radius 1 is 1.38 bits per heavy atom. The summed E-state index contributed by atoms with van der Waals surface area (Å²) in [6.07, 6.45) is 6.02. The van der Waals surface area contributed by atoms with Crippen LogP contribution in [0.4, 0.5) is 9.18 Å². The van der Waals surface area contributed by atoms with Gasteiger partial charge in [-0.25, -0.2) is 9.18 Å². The third kappa shape index (κ3) is 5.44. The van der Waals surface area contributed by atoms with E-state index in [9.17, 15) is 14.0 Å². The standard InChI is InChI=1S/C25H31FN2O4/c1-4-6-13-32-25(30)28-12-11-18(17(5-2)16-28)7-10-23(29)24-20-14-19(31-3)8-9-22(20)27-15-21(24)26/h5,8-9,14-15,17-18H,2,4,6-7,10-13,16H2,1,3H3. The maximum Gasteiger partial charge on any atom is 0.409 e. The number of carbonyl (C=O) groups is 2. The fourth-order valence-electron chi connectivity index (χ4n) is 4.22. The number of amides is 1. The van der Waals surface area contributed by atoms with Gasteiger partial charge in [0.05, 0.1) is 31.0 Å². The van der Waals surface area contributed by atoms with Gasteiger partial charge in [0, 0.05) is 24.9 Å². The first-order chi connectivity index (χ1) is 15.5. The van der Waals surface area contributed by atoms with E-state index < -0.39 is 5.82 Å². The Kier molecular flexibility index (Phi) is 8.20. The molecule has 1 aromatic heterocycles. The molecule has 7 heteroatoms. The number of ketones is 1. The smallest absolute Gasteiger partial charge is 0.409 e. The molecule has 32 heavy (non-hydrogen) atoms. The number of hydrogen-bond acceptors (Lipinski definition) is 5. The Morgan fingerprint density at radius 2 is 2.19 bits per heavy atom. The lowest BCUT2D eigenvalue weighted by Crippen LogP contribution is -2.43. The average molecular weight is 443 g/mol. The second-order valence-electron chi connectivity index (χ2n) is 8.19. The summed E-state index contributed by atoms with van der Waals surface area (Å²) in [4.78, 5) is 31.1. The summed E-state index contributed by atoms with van der Waals surface area (Å²) in [7, 11) is 1.52. The number of Topliss-reactive ketones (excluding diaryl/α,β-unsaturated/α-hetero) is 1. The van der Waals surface area contributed by atoms with Crippen molar-refractivity contribution in [2.75, 3.05) is 26.8 Å². The predicted molar refractivity (Wildman–Crippen MR) is 121 cm³/mol. The zero-order valence-electron chi connectivity index (χ0n) is 18.8. The molecule has 0 aliphatic carbocycles. The van der Waals surface area contributed by atoms with E-state index in [1.54, 1.807) is 23.1 Å². The van der Waals surface area contributed by atoms with Crippen LogP contribution in [0.5, 0.6) is 5.75 Å². The van der Waals surface area contributed by atoms with E-state index in [4.69, 9.17) is 9.47 Å². The van der Waals surface area contributed by atoms with E-state index in [-0.39, 0.29) is 35.7 Å². The molecular formula is C25H31FN2O4. The fourth-order valence-corrected chi connectivity index (χ4v) is 4.22. The predicted octanol–water partition coefficient (Wildman–Crippen LogP) is 5.41. The summed E-state index contributed by atoms with van der Waals surface area (Å²) < 4.78 is 25.1. The molecule has 0 spiro atoms. The zero-order chi connectivity index (χ0) is 23.1. The first-order valence-electron chi connectivity index (χ1n) is 11.2. The SMILES string of the molecule is C=CC1CN(C(=O)OCCCC)CCC1CCC(=O)c1c(F)cnc2ccc(OC)cc12. The first-order valence-corrected chi connectivity index (χ1v) is 11.2. The molecule has 1 amide bonds. The van der Waals surface area contributed by atoms with Crippen LogP contribution >= 0.6 is 0 Å². The molecule has 1 aliphatic heterocycles. The van der Waals surface area contributed by atoms with Crippen LogP contribution in [0.1, 0.15) is 49.4 Å². The van der Waals surface area contributed by atoms with Gasteiger partial charge in [-0.3, -0.25) is 9.78 Å². The Hall–Kier alpha value is -2.96. The summed E-state index contributed by atoms with van der Waals surface area (Å²) in [6, 6.07) is 5.10. The van der Waals surface area contributed by atoms with Gasteiger partial charge in [-0.1, -0.05) is 19.4 Å². The molecule has 0 N–H and O–H groups in total. The molecule has 1 aliphatic rings. The van der Waals surface area contributed by atoms with Crippen molar-refractivity contribution in [3.05, 3.63) is 48.4 Å². The number of halogens is 1. The van der Waals surface area contributed by atoms with Crippen LogP contribution < -0.4 is 4.74 Å². The normalized spacial score (nSPS) is 18.4. The van der Waals surface area contributed by atoms with Crippen LogP contribution in [0.25, 0.3) is 10.9 Å². The zero-order valence-corrected chi connectivity index (χ0v) is 18.8. The van der Waals surface area contributed by atoms with Crippen molar-refractivity contribution < 1.29 is 23.5 Å². The molecule has 172 valence electrons. The van der Waals surface area contributed by atoms with Crippen LogP contribution in [0.15, 0.2) is 37.1 Å². The summed E-state index contributed by atoms with van der Waals surface area (Å²) in [5.41, 5.74) is 0.607. The van der Waals surface area contributed by atoms with Crippen LogP contribution in [0.2, 0.25) is 0 Å². The van der Waals surface area contributed by atoms with Crippen molar-refractivity contribution in [2.24, 2.45) is 11.8 Å².